The van der Waals surface area contributed by atoms with Crippen LogP contribution in [0.1, 0.15) is 44.8 Å². The molecule has 0 aliphatic carbocycles. The van der Waals surface area contributed by atoms with Gasteiger partial charge in [-0.15, -0.1) is 11.3 Å². The van der Waals surface area contributed by atoms with Gasteiger partial charge in [0.15, 0.2) is 0 Å². The van der Waals surface area contributed by atoms with Crippen molar-refractivity contribution in [2.75, 3.05) is 13.7 Å². The molecule has 1 atom stereocenters. The van der Waals surface area contributed by atoms with Gasteiger partial charge in [-0.25, -0.2) is 4.79 Å². The van der Waals surface area contributed by atoms with Gasteiger partial charge in [0.05, 0.1) is 24.6 Å². The predicted octanol–water partition coefficient (Wildman–Crippen LogP) is 3.42. The molecule has 5 nitrogen and oxygen atoms in total. The average Bonchev–Trinajstić information content (AvgIpc) is 3.05. The standard InChI is InChI=1S/C17H19NO4S/c1-4-22-13-7-5-12(6-8-13)11(2)18-16(19)14-9-10-15(23-14)17(20)21-3/h5-11H,4H2,1-3H3,(H,18,19). The maximum absolute atomic E-state index is 12.2. The molecule has 1 unspecified atom stereocenters. The van der Waals surface area contributed by atoms with Crippen LogP contribution in [-0.4, -0.2) is 25.6 Å². The number of carbonyl (C=O) groups excluding carboxylic acids is 2. The van der Waals surface area contributed by atoms with Gasteiger partial charge in [-0.1, -0.05) is 12.1 Å². The summed E-state index contributed by atoms with van der Waals surface area (Å²) in [6.45, 7) is 4.45. The summed E-state index contributed by atoms with van der Waals surface area (Å²) >= 11 is 1.11. The van der Waals surface area contributed by atoms with Crippen LogP contribution in [0.3, 0.4) is 0 Å². The summed E-state index contributed by atoms with van der Waals surface area (Å²) in [4.78, 5) is 24.6. The van der Waals surface area contributed by atoms with Crippen molar-refractivity contribution in [2.24, 2.45) is 0 Å². The van der Waals surface area contributed by atoms with Crippen LogP contribution >= 0.6 is 11.3 Å². The van der Waals surface area contributed by atoms with Crippen LogP contribution in [-0.2, 0) is 4.74 Å². The summed E-state index contributed by atoms with van der Waals surface area (Å²) in [6.07, 6.45) is 0. The minimum Gasteiger partial charge on any atom is -0.494 e. The molecule has 1 N–H and O–H groups in total. The van der Waals surface area contributed by atoms with Gasteiger partial charge in [-0.3, -0.25) is 4.79 Å². The topological polar surface area (TPSA) is 64.6 Å². The Morgan fingerprint density at radius 1 is 1.13 bits per heavy atom. The maximum Gasteiger partial charge on any atom is 0.348 e. The minimum absolute atomic E-state index is 0.151. The van der Waals surface area contributed by atoms with E-state index in [-0.39, 0.29) is 11.9 Å². The van der Waals surface area contributed by atoms with E-state index in [9.17, 15) is 9.59 Å². The third kappa shape index (κ3) is 4.32. The van der Waals surface area contributed by atoms with Crippen molar-refractivity contribution in [3.63, 3.8) is 0 Å². The summed E-state index contributed by atoms with van der Waals surface area (Å²) in [7, 11) is 1.32. The highest BCUT2D eigenvalue weighted by atomic mass is 32.1. The first-order valence-corrected chi connectivity index (χ1v) is 8.08. The third-order valence-electron chi connectivity index (χ3n) is 3.26. The zero-order chi connectivity index (χ0) is 16.8. The largest absolute Gasteiger partial charge is 0.494 e. The molecule has 0 saturated carbocycles. The fourth-order valence-corrected chi connectivity index (χ4v) is 2.87. The second kappa shape index (κ2) is 7.78. The molecule has 2 rings (SSSR count). The molecule has 1 heterocycles. The van der Waals surface area contributed by atoms with E-state index in [2.05, 4.69) is 10.1 Å². The smallest absolute Gasteiger partial charge is 0.348 e. The summed E-state index contributed by atoms with van der Waals surface area (Å²) < 4.78 is 10.0. The summed E-state index contributed by atoms with van der Waals surface area (Å²) in [5.41, 5.74) is 0.978. The molecule has 1 amide bonds. The minimum atomic E-state index is -0.436. The summed E-state index contributed by atoms with van der Waals surface area (Å²) in [5.74, 6) is 0.149. The lowest BCUT2D eigenvalue weighted by atomic mass is 10.1. The highest BCUT2D eigenvalue weighted by Crippen LogP contribution is 2.21. The van der Waals surface area contributed by atoms with Crippen LogP contribution in [0, 0.1) is 0 Å². The molecule has 0 fully saturated rings. The van der Waals surface area contributed by atoms with E-state index in [0.29, 0.717) is 16.4 Å². The van der Waals surface area contributed by atoms with Gasteiger partial charge in [0.1, 0.15) is 10.6 Å². The fraction of sp³-hybridized carbons (Fsp3) is 0.294. The van der Waals surface area contributed by atoms with Crippen molar-refractivity contribution >= 4 is 23.2 Å². The van der Waals surface area contributed by atoms with Crippen molar-refractivity contribution in [2.45, 2.75) is 19.9 Å². The first-order chi connectivity index (χ1) is 11.0. The number of hydrogen-bond acceptors (Lipinski definition) is 5. The Bertz CT molecular complexity index is 678. The fourth-order valence-electron chi connectivity index (χ4n) is 2.04. The van der Waals surface area contributed by atoms with Crippen LogP contribution in [0.5, 0.6) is 5.75 Å². The number of ether oxygens (including phenoxy) is 2. The Balaban J connectivity index is 2.01. The van der Waals surface area contributed by atoms with E-state index in [1.165, 1.54) is 7.11 Å². The molecular formula is C17H19NO4S. The van der Waals surface area contributed by atoms with Crippen LogP contribution in [0.15, 0.2) is 36.4 Å². The van der Waals surface area contributed by atoms with Crippen LogP contribution < -0.4 is 10.1 Å². The lowest BCUT2D eigenvalue weighted by Gasteiger charge is -2.14. The summed E-state index contributed by atoms with van der Waals surface area (Å²) in [6, 6.07) is 10.7. The molecule has 2 aromatic rings. The van der Waals surface area contributed by atoms with Gasteiger partial charge in [-0.2, -0.15) is 0 Å². The predicted molar refractivity (Wildman–Crippen MR) is 89.2 cm³/mol. The number of amides is 1. The number of rotatable bonds is 6. The van der Waals surface area contributed by atoms with Gasteiger partial charge >= 0.3 is 5.97 Å². The molecule has 1 aromatic heterocycles. The Morgan fingerprint density at radius 3 is 2.39 bits per heavy atom. The van der Waals surface area contributed by atoms with Gasteiger partial charge in [0.2, 0.25) is 0 Å². The van der Waals surface area contributed by atoms with E-state index in [4.69, 9.17) is 4.74 Å². The van der Waals surface area contributed by atoms with E-state index < -0.39 is 5.97 Å². The Labute approximate surface area is 139 Å². The monoisotopic (exact) mass is 333 g/mol. The van der Waals surface area contributed by atoms with E-state index in [1.54, 1.807) is 12.1 Å². The molecule has 0 aliphatic heterocycles. The van der Waals surface area contributed by atoms with Gasteiger partial charge in [0, 0.05) is 0 Å². The third-order valence-corrected chi connectivity index (χ3v) is 4.32. The second-order valence-corrected chi connectivity index (χ2v) is 5.94. The molecule has 0 radical (unpaired) electrons. The quantitative estimate of drug-likeness (QED) is 0.823. The summed E-state index contributed by atoms with van der Waals surface area (Å²) in [5, 5.41) is 2.91. The van der Waals surface area contributed by atoms with Gasteiger partial charge in [-0.05, 0) is 43.7 Å². The second-order valence-electron chi connectivity index (χ2n) is 4.85. The molecule has 0 saturated heterocycles. The Kier molecular flexibility index (Phi) is 5.76. The molecule has 0 bridgehead atoms. The zero-order valence-electron chi connectivity index (χ0n) is 13.3. The molecule has 0 aliphatic rings. The Morgan fingerprint density at radius 2 is 1.78 bits per heavy atom. The highest BCUT2D eigenvalue weighted by molar-refractivity contribution is 7.15. The maximum atomic E-state index is 12.2. The number of esters is 1. The van der Waals surface area contributed by atoms with Crippen molar-refractivity contribution in [1.82, 2.24) is 5.32 Å². The van der Waals surface area contributed by atoms with E-state index in [0.717, 1.165) is 22.6 Å². The first-order valence-electron chi connectivity index (χ1n) is 7.27. The van der Waals surface area contributed by atoms with Crippen molar-refractivity contribution < 1.29 is 19.1 Å². The molecule has 6 heteroatoms. The lowest BCUT2D eigenvalue weighted by Crippen LogP contribution is -2.25. The number of thiophene rings is 1. The van der Waals surface area contributed by atoms with Gasteiger partial charge < -0.3 is 14.8 Å². The molecule has 0 spiro atoms. The van der Waals surface area contributed by atoms with Crippen LogP contribution in [0.4, 0.5) is 0 Å². The molecule has 122 valence electrons. The normalized spacial score (nSPS) is 11.6. The molecular weight excluding hydrogens is 314 g/mol. The zero-order valence-corrected chi connectivity index (χ0v) is 14.1. The average molecular weight is 333 g/mol. The van der Waals surface area contributed by atoms with Crippen molar-refractivity contribution in [3.05, 3.63) is 51.7 Å². The highest BCUT2D eigenvalue weighted by Gasteiger charge is 2.16. The molecule has 23 heavy (non-hydrogen) atoms. The first kappa shape index (κ1) is 17.0. The van der Waals surface area contributed by atoms with Crippen molar-refractivity contribution in [1.29, 1.82) is 0 Å². The lowest BCUT2D eigenvalue weighted by molar-refractivity contribution is 0.0606. The Hall–Kier alpha value is -2.34. The number of methoxy groups -OCH3 is 1. The van der Waals surface area contributed by atoms with Crippen molar-refractivity contribution in [3.8, 4) is 5.75 Å². The van der Waals surface area contributed by atoms with Crippen LogP contribution in [0.2, 0.25) is 0 Å². The molecule has 1 aromatic carbocycles. The van der Waals surface area contributed by atoms with E-state index >= 15 is 0 Å². The number of hydrogen-bond donors (Lipinski definition) is 1. The number of carbonyl (C=O) groups is 2. The number of benzene rings is 1. The van der Waals surface area contributed by atoms with E-state index in [1.807, 2.05) is 38.1 Å². The van der Waals surface area contributed by atoms with Crippen LogP contribution in [0.25, 0.3) is 0 Å². The number of nitrogens with one attached hydrogen (secondary N) is 1. The van der Waals surface area contributed by atoms with Gasteiger partial charge in [0.25, 0.3) is 5.91 Å². The SMILES string of the molecule is CCOc1ccc(C(C)NC(=O)c2ccc(C(=O)OC)s2)cc1.